The van der Waals surface area contributed by atoms with Gasteiger partial charge >= 0.3 is 0 Å². The molecule has 2 N–H and O–H groups in total. The van der Waals surface area contributed by atoms with Crippen LogP contribution in [0, 0.1) is 11.3 Å². The van der Waals surface area contributed by atoms with E-state index < -0.39 is 0 Å². The first-order valence-electron chi connectivity index (χ1n) is 9.94. The summed E-state index contributed by atoms with van der Waals surface area (Å²) in [6.07, 6.45) is 6.34. The molecule has 0 spiro atoms. The Balaban J connectivity index is 1.93. The second-order valence-electron chi connectivity index (χ2n) is 9.08. The van der Waals surface area contributed by atoms with E-state index >= 15 is 0 Å². The lowest BCUT2D eigenvalue weighted by atomic mass is 9.68. The zero-order valence-electron chi connectivity index (χ0n) is 16.8. The number of quaternary nitrogens is 1. The van der Waals surface area contributed by atoms with Crippen molar-refractivity contribution in [1.82, 2.24) is 0 Å². The van der Waals surface area contributed by atoms with Crippen LogP contribution in [0.1, 0.15) is 78.3 Å². The zero-order chi connectivity index (χ0) is 18.5. The number of benzene rings is 1. The Morgan fingerprint density at radius 3 is 2.40 bits per heavy atom. The molecule has 0 radical (unpaired) electrons. The Hall–Kier alpha value is -0.570. The molecule has 0 aromatic heterocycles. The molecule has 1 aliphatic heterocycles. The molecule has 1 aromatic carbocycles. The Kier molecular flexibility index (Phi) is 7.37. The van der Waals surface area contributed by atoms with Gasteiger partial charge in [0.25, 0.3) is 0 Å². The first-order chi connectivity index (χ1) is 11.7. The highest BCUT2D eigenvalue weighted by molar-refractivity contribution is 6.30. The molecule has 0 aliphatic carbocycles. The molecule has 1 heterocycles. The molecule has 0 bridgehead atoms. The summed E-state index contributed by atoms with van der Waals surface area (Å²) >= 11 is 6.01. The number of ether oxygens (including phenoxy) is 1. The minimum absolute atomic E-state index is 0.0248. The number of nitrogens with two attached hydrogens (primary N) is 1. The van der Waals surface area contributed by atoms with E-state index in [-0.39, 0.29) is 5.60 Å². The summed E-state index contributed by atoms with van der Waals surface area (Å²) in [6.45, 7) is 13.6. The normalized spacial score (nSPS) is 24.4. The van der Waals surface area contributed by atoms with Gasteiger partial charge in [-0.1, -0.05) is 44.0 Å². The molecule has 2 atom stereocenters. The highest BCUT2D eigenvalue weighted by atomic mass is 35.5. The fraction of sp³-hybridized carbons (Fsp3) is 0.727. The van der Waals surface area contributed by atoms with Gasteiger partial charge in [-0.3, -0.25) is 0 Å². The van der Waals surface area contributed by atoms with Crippen molar-refractivity contribution in [3.05, 3.63) is 34.9 Å². The molecule has 2 rings (SSSR count). The molecule has 142 valence electrons. The van der Waals surface area contributed by atoms with Crippen molar-refractivity contribution in [2.24, 2.45) is 11.3 Å². The molecule has 1 aliphatic rings. The highest BCUT2D eigenvalue weighted by Crippen LogP contribution is 2.45. The van der Waals surface area contributed by atoms with Gasteiger partial charge in [0.05, 0.1) is 12.1 Å². The van der Waals surface area contributed by atoms with Crippen LogP contribution in [-0.4, -0.2) is 18.8 Å². The maximum absolute atomic E-state index is 6.01. The summed E-state index contributed by atoms with van der Waals surface area (Å²) in [5, 5.41) is 3.30. The van der Waals surface area contributed by atoms with Gasteiger partial charge < -0.3 is 10.1 Å². The average Bonchev–Trinajstić information content (AvgIpc) is 2.53. The van der Waals surface area contributed by atoms with E-state index in [2.05, 4.69) is 52.1 Å². The van der Waals surface area contributed by atoms with E-state index in [0.29, 0.717) is 11.5 Å². The minimum atomic E-state index is 0.0248. The monoisotopic (exact) mass is 366 g/mol. The lowest BCUT2D eigenvalue weighted by Crippen LogP contribution is -2.85. The average molecular weight is 367 g/mol. The van der Waals surface area contributed by atoms with E-state index in [1.165, 1.54) is 44.2 Å². The second kappa shape index (κ2) is 8.88. The van der Waals surface area contributed by atoms with Gasteiger partial charge in [-0.05, 0) is 63.5 Å². The molecule has 1 saturated heterocycles. The van der Waals surface area contributed by atoms with Gasteiger partial charge in [0, 0.05) is 23.6 Å². The van der Waals surface area contributed by atoms with E-state index in [1.807, 2.05) is 12.1 Å². The SMILES string of the molecule is CC(C)CC[C@@]1(CC[NH2+][C@@H](C)c2ccc(Cl)cc2)CCOC(C)(C)C1. The van der Waals surface area contributed by atoms with E-state index in [0.717, 1.165) is 17.5 Å². The van der Waals surface area contributed by atoms with Crippen molar-refractivity contribution in [3.63, 3.8) is 0 Å². The van der Waals surface area contributed by atoms with Crippen LogP contribution in [0.5, 0.6) is 0 Å². The highest BCUT2D eigenvalue weighted by Gasteiger charge is 2.40. The molecular formula is C22H37ClNO+. The zero-order valence-corrected chi connectivity index (χ0v) is 17.5. The van der Waals surface area contributed by atoms with Crippen molar-refractivity contribution in [2.75, 3.05) is 13.2 Å². The molecule has 0 amide bonds. The molecule has 1 fully saturated rings. The van der Waals surface area contributed by atoms with E-state index in [4.69, 9.17) is 16.3 Å². The van der Waals surface area contributed by atoms with Crippen molar-refractivity contribution in [1.29, 1.82) is 0 Å². The van der Waals surface area contributed by atoms with Crippen LogP contribution in [0.25, 0.3) is 0 Å². The Labute approximate surface area is 159 Å². The van der Waals surface area contributed by atoms with Crippen LogP contribution in [0.4, 0.5) is 0 Å². The molecule has 3 heteroatoms. The Morgan fingerprint density at radius 2 is 1.80 bits per heavy atom. The molecule has 2 nitrogen and oxygen atoms in total. The van der Waals surface area contributed by atoms with Gasteiger partial charge in [0.15, 0.2) is 0 Å². The first kappa shape index (κ1) is 20.7. The molecule has 0 saturated carbocycles. The van der Waals surface area contributed by atoms with Crippen LogP contribution in [-0.2, 0) is 4.74 Å². The number of halogens is 1. The topological polar surface area (TPSA) is 25.8 Å². The predicted octanol–water partition coefficient (Wildman–Crippen LogP) is 5.37. The predicted molar refractivity (Wildman–Crippen MR) is 107 cm³/mol. The molecule has 25 heavy (non-hydrogen) atoms. The van der Waals surface area contributed by atoms with Crippen LogP contribution < -0.4 is 5.32 Å². The molecular weight excluding hydrogens is 330 g/mol. The molecule has 1 aromatic rings. The third kappa shape index (κ3) is 6.58. The first-order valence-corrected chi connectivity index (χ1v) is 10.3. The van der Waals surface area contributed by atoms with E-state index in [9.17, 15) is 0 Å². The fourth-order valence-electron chi connectivity index (χ4n) is 4.27. The van der Waals surface area contributed by atoms with E-state index in [1.54, 1.807) is 0 Å². The summed E-state index contributed by atoms with van der Waals surface area (Å²) in [5.74, 6) is 0.778. The van der Waals surface area contributed by atoms with Crippen LogP contribution in [0.3, 0.4) is 0 Å². The van der Waals surface area contributed by atoms with Crippen molar-refractivity contribution >= 4 is 11.6 Å². The minimum Gasteiger partial charge on any atom is -0.376 e. The van der Waals surface area contributed by atoms with Gasteiger partial charge in [-0.25, -0.2) is 0 Å². The standard InChI is InChI=1S/C22H36ClNO/c1-17(2)10-11-22(13-15-25-21(4,5)16-22)12-14-24-18(3)19-6-8-20(23)9-7-19/h6-9,17-18,24H,10-16H2,1-5H3/p+1/t18-,22+/m0/s1. The second-order valence-corrected chi connectivity index (χ2v) is 9.52. The van der Waals surface area contributed by atoms with Gasteiger partial charge in [-0.2, -0.15) is 0 Å². The number of hydrogen-bond acceptors (Lipinski definition) is 1. The quantitative estimate of drug-likeness (QED) is 0.657. The maximum Gasteiger partial charge on any atom is 0.109 e. The van der Waals surface area contributed by atoms with Gasteiger partial charge in [0.1, 0.15) is 6.04 Å². The third-order valence-corrected chi connectivity index (χ3v) is 6.02. The summed E-state index contributed by atoms with van der Waals surface area (Å²) in [6, 6.07) is 8.76. The number of hydrogen-bond donors (Lipinski definition) is 1. The lowest BCUT2D eigenvalue weighted by molar-refractivity contribution is -0.694. The summed E-state index contributed by atoms with van der Waals surface area (Å²) < 4.78 is 6.01. The number of rotatable bonds is 8. The summed E-state index contributed by atoms with van der Waals surface area (Å²) in [4.78, 5) is 0. The van der Waals surface area contributed by atoms with Crippen molar-refractivity contribution in [3.8, 4) is 0 Å². The van der Waals surface area contributed by atoms with Gasteiger partial charge in [0.2, 0.25) is 0 Å². The van der Waals surface area contributed by atoms with Gasteiger partial charge in [-0.15, -0.1) is 0 Å². The summed E-state index contributed by atoms with van der Waals surface area (Å²) in [7, 11) is 0. The Bertz CT molecular complexity index is 525. The fourth-order valence-corrected chi connectivity index (χ4v) is 4.40. The van der Waals surface area contributed by atoms with Crippen LogP contribution in [0.2, 0.25) is 5.02 Å². The third-order valence-electron chi connectivity index (χ3n) is 5.77. The summed E-state index contributed by atoms with van der Waals surface area (Å²) in [5.41, 5.74) is 1.83. The molecule has 0 unspecified atom stereocenters. The van der Waals surface area contributed by atoms with Crippen molar-refractivity contribution in [2.45, 2.75) is 78.4 Å². The smallest absolute Gasteiger partial charge is 0.109 e. The maximum atomic E-state index is 6.01. The lowest BCUT2D eigenvalue weighted by Gasteiger charge is -2.45. The van der Waals surface area contributed by atoms with Crippen LogP contribution in [0.15, 0.2) is 24.3 Å². The largest absolute Gasteiger partial charge is 0.376 e. The van der Waals surface area contributed by atoms with Crippen molar-refractivity contribution < 1.29 is 10.1 Å². The Morgan fingerprint density at radius 1 is 1.12 bits per heavy atom. The van der Waals surface area contributed by atoms with Crippen LogP contribution >= 0.6 is 11.6 Å².